The highest BCUT2D eigenvalue weighted by atomic mass is 16.3. The number of fused-ring (bicyclic) bond motifs is 3. The summed E-state index contributed by atoms with van der Waals surface area (Å²) >= 11 is 0. The molecule has 0 radical (unpaired) electrons. The van der Waals surface area contributed by atoms with Crippen molar-refractivity contribution < 1.29 is 25.2 Å². The first-order valence-electron chi connectivity index (χ1n) is 9.84. The third-order valence-electron chi connectivity index (χ3n) is 8.87. The Morgan fingerprint density at radius 3 is 2.40 bits per heavy atom. The molecule has 4 aliphatic rings. The van der Waals surface area contributed by atoms with Gasteiger partial charge in [-0.1, -0.05) is 27.2 Å². The Balaban J connectivity index is 1.91. The van der Waals surface area contributed by atoms with Gasteiger partial charge in [0.1, 0.15) is 5.78 Å². The zero-order valence-corrected chi connectivity index (χ0v) is 15.5. The molecule has 5 heteroatoms. The molecule has 0 aromatic rings. The Hall–Kier alpha value is -0.490. The minimum Gasteiger partial charge on any atom is -0.396 e. The van der Waals surface area contributed by atoms with Crippen molar-refractivity contribution in [3.8, 4) is 0 Å². The van der Waals surface area contributed by atoms with Gasteiger partial charge in [0.2, 0.25) is 0 Å². The molecule has 4 rings (SSSR count). The van der Waals surface area contributed by atoms with Crippen LogP contribution in [0.5, 0.6) is 0 Å². The van der Waals surface area contributed by atoms with E-state index in [1.54, 1.807) is 6.92 Å². The summed E-state index contributed by atoms with van der Waals surface area (Å²) in [5.41, 5.74) is -1.76. The van der Waals surface area contributed by atoms with E-state index >= 15 is 0 Å². The van der Waals surface area contributed by atoms with E-state index in [0.717, 1.165) is 19.3 Å². The summed E-state index contributed by atoms with van der Waals surface area (Å²) in [5.74, 6) is -1.33. The first kappa shape index (κ1) is 17.9. The summed E-state index contributed by atoms with van der Waals surface area (Å²) in [4.78, 5) is 13.3. The van der Waals surface area contributed by atoms with E-state index in [9.17, 15) is 25.2 Å². The number of ketones is 1. The molecule has 1 spiro atoms. The maximum atomic E-state index is 13.3. The van der Waals surface area contributed by atoms with Gasteiger partial charge in [0, 0.05) is 23.9 Å². The first-order chi connectivity index (χ1) is 11.6. The van der Waals surface area contributed by atoms with Crippen LogP contribution in [0.15, 0.2) is 0 Å². The molecule has 4 saturated carbocycles. The highest BCUT2D eigenvalue weighted by molar-refractivity contribution is 5.92. The van der Waals surface area contributed by atoms with Crippen LogP contribution in [0.25, 0.3) is 0 Å². The number of carbonyl (C=O) groups is 1. The maximum absolute atomic E-state index is 13.3. The van der Waals surface area contributed by atoms with E-state index in [2.05, 4.69) is 13.8 Å². The molecule has 142 valence electrons. The lowest BCUT2D eigenvalue weighted by molar-refractivity contribution is -0.251. The molecule has 3 unspecified atom stereocenters. The minimum atomic E-state index is -1.21. The van der Waals surface area contributed by atoms with Crippen LogP contribution in [0.2, 0.25) is 0 Å². The van der Waals surface area contributed by atoms with Gasteiger partial charge >= 0.3 is 0 Å². The molecule has 2 bridgehead atoms. The standard InChI is InChI=1S/C20H32O5/c1-10-15-11(22)7-13-19(9-21)6-4-5-18(2,3)12(19)8-14(23)20(13,16(10)24)17(15)25/h10-15,17,21-23,25H,4-9H2,1-3H3/t10-,11?,12+,13-,14?,15-,17?,19+,20-/m1/s1. The predicted molar refractivity (Wildman–Crippen MR) is 91.5 cm³/mol. The van der Waals surface area contributed by atoms with E-state index in [0.29, 0.717) is 12.8 Å². The lowest BCUT2D eigenvalue weighted by Crippen LogP contribution is -2.69. The van der Waals surface area contributed by atoms with Crippen LogP contribution in [0.4, 0.5) is 0 Å². The van der Waals surface area contributed by atoms with E-state index in [4.69, 9.17) is 0 Å². The fourth-order valence-corrected chi connectivity index (χ4v) is 7.81. The van der Waals surface area contributed by atoms with Crippen molar-refractivity contribution in [2.45, 2.75) is 71.2 Å². The third kappa shape index (κ3) is 1.86. The molecule has 0 aliphatic heterocycles. The van der Waals surface area contributed by atoms with Crippen molar-refractivity contribution in [2.75, 3.05) is 6.61 Å². The van der Waals surface area contributed by atoms with Gasteiger partial charge in [-0.25, -0.2) is 0 Å². The first-order valence-corrected chi connectivity index (χ1v) is 9.84. The fraction of sp³-hybridized carbons (Fsp3) is 0.950. The van der Waals surface area contributed by atoms with Crippen molar-refractivity contribution in [3.63, 3.8) is 0 Å². The molecule has 4 N–H and O–H groups in total. The number of hydrogen-bond donors (Lipinski definition) is 4. The van der Waals surface area contributed by atoms with Crippen LogP contribution < -0.4 is 0 Å². The third-order valence-corrected chi connectivity index (χ3v) is 8.87. The summed E-state index contributed by atoms with van der Waals surface area (Å²) in [6.07, 6.45) is 0.951. The molecular weight excluding hydrogens is 320 g/mol. The summed E-state index contributed by atoms with van der Waals surface area (Å²) in [5, 5.41) is 43.5. The van der Waals surface area contributed by atoms with Gasteiger partial charge in [0.15, 0.2) is 0 Å². The van der Waals surface area contributed by atoms with Gasteiger partial charge in [0.25, 0.3) is 0 Å². The lowest BCUT2D eigenvalue weighted by Gasteiger charge is -2.66. The Bertz CT molecular complexity index is 589. The van der Waals surface area contributed by atoms with Gasteiger partial charge in [-0.3, -0.25) is 4.79 Å². The second-order valence-corrected chi connectivity index (χ2v) is 10.0. The number of aliphatic hydroxyl groups excluding tert-OH is 4. The van der Waals surface area contributed by atoms with E-state index in [1.807, 2.05) is 0 Å². The summed E-state index contributed by atoms with van der Waals surface area (Å²) in [6, 6.07) is 0. The second-order valence-electron chi connectivity index (χ2n) is 10.0. The van der Waals surface area contributed by atoms with Crippen LogP contribution >= 0.6 is 0 Å². The second kappa shape index (κ2) is 5.28. The van der Waals surface area contributed by atoms with Crippen LogP contribution in [0, 0.1) is 39.9 Å². The predicted octanol–water partition coefficient (Wildman–Crippen LogP) is 1.12. The molecule has 0 aromatic carbocycles. The van der Waals surface area contributed by atoms with Crippen LogP contribution in [-0.4, -0.2) is 51.1 Å². The Morgan fingerprint density at radius 1 is 1.08 bits per heavy atom. The van der Waals surface area contributed by atoms with Gasteiger partial charge in [0.05, 0.1) is 23.7 Å². The topological polar surface area (TPSA) is 98.0 Å². The highest BCUT2D eigenvalue weighted by Crippen LogP contribution is 2.71. The van der Waals surface area contributed by atoms with Gasteiger partial charge in [-0.15, -0.1) is 0 Å². The van der Waals surface area contributed by atoms with Crippen molar-refractivity contribution in [3.05, 3.63) is 0 Å². The zero-order chi connectivity index (χ0) is 18.4. The summed E-state index contributed by atoms with van der Waals surface area (Å²) < 4.78 is 0. The van der Waals surface area contributed by atoms with E-state index in [-0.39, 0.29) is 29.6 Å². The summed E-state index contributed by atoms with van der Waals surface area (Å²) in [7, 11) is 0. The Labute approximate surface area is 149 Å². The number of Topliss-reactive ketones (excluding diaryl/α,β-unsaturated/α-hetero) is 1. The quantitative estimate of drug-likeness (QED) is 0.567. The molecular formula is C20H32O5. The van der Waals surface area contributed by atoms with Crippen LogP contribution in [-0.2, 0) is 4.79 Å². The molecule has 4 aliphatic carbocycles. The maximum Gasteiger partial charge on any atom is 0.147 e. The zero-order valence-electron chi connectivity index (χ0n) is 15.5. The lowest BCUT2D eigenvalue weighted by atomic mass is 9.39. The Morgan fingerprint density at radius 2 is 1.76 bits per heavy atom. The average Bonchev–Trinajstić information content (AvgIpc) is 2.67. The number of carbonyl (C=O) groups excluding carboxylic acids is 1. The molecule has 0 amide bonds. The summed E-state index contributed by atoms with van der Waals surface area (Å²) in [6.45, 7) is 6.09. The van der Waals surface area contributed by atoms with Crippen LogP contribution in [0.1, 0.15) is 52.9 Å². The number of rotatable bonds is 1. The Kier molecular flexibility index (Phi) is 3.78. The number of hydrogen-bond acceptors (Lipinski definition) is 5. The van der Waals surface area contributed by atoms with E-state index in [1.165, 1.54) is 0 Å². The van der Waals surface area contributed by atoms with Crippen molar-refractivity contribution in [1.82, 2.24) is 0 Å². The molecule has 9 atom stereocenters. The average molecular weight is 352 g/mol. The number of aliphatic hydroxyl groups is 4. The van der Waals surface area contributed by atoms with Gasteiger partial charge in [-0.2, -0.15) is 0 Å². The normalized spacial score (nSPS) is 57.1. The van der Waals surface area contributed by atoms with Crippen molar-refractivity contribution >= 4 is 5.78 Å². The monoisotopic (exact) mass is 352 g/mol. The molecule has 0 heterocycles. The molecule has 0 saturated heterocycles. The molecule has 4 fully saturated rings. The van der Waals surface area contributed by atoms with Crippen molar-refractivity contribution in [1.29, 1.82) is 0 Å². The SMILES string of the molecule is C[C@H]1C(=O)[C@]23C(O)C[C@H]4C(C)(C)CCC[C@@]4(CO)[C@H]2CC(O)[C@@H]1C3O. The van der Waals surface area contributed by atoms with Gasteiger partial charge in [-0.05, 0) is 42.9 Å². The minimum absolute atomic E-state index is 0.0381. The van der Waals surface area contributed by atoms with Crippen LogP contribution in [0.3, 0.4) is 0 Å². The smallest absolute Gasteiger partial charge is 0.147 e. The largest absolute Gasteiger partial charge is 0.396 e. The van der Waals surface area contributed by atoms with Gasteiger partial charge < -0.3 is 20.4 Å². The van der Waals surface area contributed by atoms with E-state index < -0.39 is 41.0 Å². The molecule has 0 aromatic heterocycles. The molecule has 5 nitrogen and oxygen atoms in total. The fourth-order valence-electron chi connectivity index (χ4n) is 7.81. The van der Waals surface area contributed by atoms with Crippen molar-refractivity contribution in [2.24, 2.45) is 39.9 Å². The highest BCUT2D eigenvalue weighted by Gasteiger charge is 2.76. The molecule has 25 heavy (non-hydrogen) atoms.